The number of piperidine rings is 1. The standard InChI is InChI=1S/C13H22N4/c1-16-7-4-10(5-8-16)12-13-11(3-6-14-12)15-9-17(13)2/h9-10,12,14H,3-8H2,1-2H3. The molecule has 1 N–H and O–H groups in total. The van der Waals surface area contributed by atoms with Crippen LogP contribution in [-0.2, 0) is 13.5 Å². The fourth-order valence-corrected chi connectivity index (χ4v) is 3.27. The summed E-state index contributed by atoms with van der Waals surface area (Å²) in [5.41, 5.74) is 2.75. The van der Waals surface area contributed by atoms with Crippen LogP contribution < -0.4 is 5.32 Å². The van der Waals surface area contributed by atoms with Crippen LogP contribution in [-0.4, -0.2) is 41.1 Å². The summed E-state index contributed by atoms with van der Waals surface area (Å²) in [4.78, 5) is 6.96. The molecule has 0 saturated carbocycles. The van der Waals surface area contributed by atoms with E-state index in [-0.39, 0.29) is 0 Å². The van der Waals surface area contributed by atoms with Gasteiger partial charge in [0, 0.05) is 20.0 Å². The summed E-state index contributed by atoms with van der Waals surface area (Å²) in [5.74, 6) is 0.778. The second-order valence-electron chi connectivity index (χ2n) is 5.51. The second kappa shape index (κ2) is 4.42. The van der Waals surface area contributed by atoms with Crippen LogP contribution in [0.5, 0.6) is 0 Å². The van der Waals surface area contributed by atoms with Gasteiger partial charge in [0.05, 0.1) is 23.8 Å². The predicted molar refractivity (Wildman–Crippen MR) is 67.9 cm³/mol. The maximum Gasteiger partial charge on any atom is 0.0949 e. The van der Waals surface area contributed by atoms with Gasteiger partial charge >= 0.3 is 0 Å². The molecule has 2 aliphatic heterocycles. The Balaban J connectivity index is 1.82. The van der Waals surface area contributed by atoms with E-state index < -0.39 is 0 Å². The lowest BCUT2D eigenvalue weighted by molar-refractivity contribution is 0.178. The molecule has 94 valence electrons. The van der Waals surface area contributed by atoms with Crippen molar-refractivity contribution in [3.05, 3.63) is 17.7 Å². The summed E-state index contributed by atoms with van der Waals surface area (Å²) in [6.45, 7) is 3.55. The van der Waals surface area contributed by atoms with Crippen molar-refractivity contribution in [3.63, 3.8) is 0 Å². The minimum absolute atomic E-state index is 0.528. The summed E-state index contributed by atoms with van der Waals surface area (Å²) in [6, 6.07) is 0.528. The molecule has 1 aromatic rings. The maximum atomic E-state index is 4.53. The van der Waals surface area contributed by atoms with Gasteiger partial charge in [-0.05, 0) is 38.9 Å². The van der Waals surface area contributed by atoms with E-state index in [0.717, 1.165) is 18.9 Å². The minimum atomic E-state index is 0.528. The number of rotatable bonds is 1. The third kappa shape index (κ3) is 2.00. The van der Waals surface area contributed by atoms with Gasteiger partial charge in [0.2, 0.25) is 0 Å². The average molecular weight is 234 g/mol. The van der Waals surface area contributed by atoms with Crippen molar-refractivity contribution in [2.75, 3.05) is 26.7 Å². The summed E-state index contributed by atoms with van der Waals surface area (Å²) >= 11 is 0. The van der Waals surface area contributed by atoms with Crippen molar-refractivity contribution < 1.29 is 0 Å². The first kappa shape index (κ1) is 11.2. The SMILES string of the molecule is CN1CCC(C2NCCc3ncn(C)c32)CC1. The number of nitrogens with zero attached hydrogens (tertiary/aromatic N) is 3. The summed E-state index contributed by atoms with van der Waals surface area (Å²) in [5, 5.41) is 3.71. The molecule has 1 unspecified atom stereocenters. The second-order valence-corrected chi connectivity index (χ2v) is 5.51. The third-order valence-corrected chi connectivity index (χ3v) is 4.32. The van der Waals surface area contributed by atoms with Crippen LogP contribution in [0, 0.1) is 5.92 Å². The first-order valence-electron chi connectivity index (χ1n) is 6.67. The van der Waals surface area contributed by atoms with Crippen molar-refractivity contribution in [2.24, 2.45) is 13.0 Å². The molecule has 2 aliphatic rings. The zero-order chi connectivity index (χ0) is 11.8. The Morgan fingerprint density at radius 1 is 1.29 bits per heavy atom. The van der Waals surface area contributed by atoms with Crippen LogP contribution >= 0.6 is 0 Å². The van der Waals surface area contributed by atoms with Gasteiger partial charge < -0.3 is 14.8 Å². The van der Waals surface area contributed by atoms with E-state index in [0.29, 0.717) is 6.04 Å². The van der Waals surface area contributed by atoms with E-state index in [9.17, 15) is 0 Å². The minimum Gasteiger partial charge on any atom is -0.336 e. The monoisotopic (exact) mass is 234 g/mol. The Bertz CT molecular complexity index is 390. The average Bonchev–Trinajstić information content (AvgIpc) is 2.73. The Hall–Kier alpha value is -0.870. The summed E-state index contributed by atoms with van der Waals surface area (Å²) in [6.07, 6.45) is 5.66. The zero-order valence-corrected chi connectivity index (χ0v) is 10.8. The van der Waals surface area contributed by atoms with Gasteiger partial charge in [-0.3, -0.25) is 0 Å². The molecule has 0 amide bonds. The molecule has 0 spiro atoms. The molecule has 3 heterocycles. The molecular weight excluding hydrogens is 212 g/mol. The normalized spacial score (nSPS) is 27.1. The predicted octanol–water partition coefficient (Wildman–Crippen LogP) is 0.949. The van der Waals surface area contributed by atoms with Crippen molar-refractivity contribution in [3.8, 4) is 0 Å². The van der Waals surface area contributed by atoms with Gasteiger partial charge in [-0.2, -0.15) is 0 Å². The molecule has 17 heavy (non-hydrogen) atoms. The van der Waals surface area contributed by atoms with Gasteiger partial charge in [0.1, 0.15) is 0 Å². The van der Waals surface area contributed by atoms with E-state index in [2.05, 4.69) is 33.9 Å². The highest BCUT2D eigenvalue weighted by molar-refractivity contribution is 5.21. The topological polar surface area (TPSA) is 33.1 Å². The number of imidazole rings is 1. The molecular formula is C13H22N4. The highest BCUT2D eigenvalue weighted by atomic mass is 15.1. The Morgan fingerprint density at radius 2 is 2.06 bits per heavy atom. The Labute approximate surface area is 103 Å². The quantitative estimate of drug-likeness (QED) is 0.785. The largest absolute Gasteiger partial charge is 0.336 e. The first-order valence-corrected chi connectivity index (χ1v) is 6.67. The zero-order valence-electron chi connectivity index (χ0n) is 10.8. The van der Waals surface area contributed by atoms with E-state index in [1.807, 2.05) is 6.33 Å². The van der Waals surface area contributed by atoms with E-state index >= 15 is 0 Å². The van der Waals surface area contributed by atoms with Crippen molar-refractivity contribution in [2.45, 2.75) is 25.3 Å². The summed E-state index contributed by atoms with van der Waals surface area (Å²) in [7, 11) is 4.35. The lowest BCUT2D eigenvalue weighted by atomic mass is 9.85. The van der Waals surface area contributed by atoms with Crippen molar-refractivity contribution in [1.29, 1.82) is 0 Å². The number of likely N-dealkylation sites (tertiary alicyclic amines) is 1. The van der Waals surface area contributed by atoms with E-state index in [1.54, 1.807) is 0 Å². The molecule has 1 atom stereocenters. The highest BCUT2D eigenvalue weighted by Crippen LogP contribution is 2.33. The fourth-order valence-electron chi connectivity index (χ4n) is 3.27. The molecule has 4 nitrogen and oxygen atoms in total. The Kier molecular flexibility index (Phi) is 2.92. The van der Waals surface area contributed by atoms with Gasteiger partial charge in [-0.1, -0.05) is 0 Å². The van der Waals surface area contributed by atoms with Crippen LogP contribution in [0.4, 0.5) is 0 Å². The van der Waals surface area contributed by atoms with Crippen LogP contribution in [0.25, 0.3) is 0 Å². The van der Waals surface area contributed by atoms with Crippen LogP contribution in [0.3, 0.4) is 0 Å². The number of fused-ring (bicyclic) bond motifs is 1. The molecule has 0 radical (unpaired) electrons. The smallest absolute Gasteiger partial charge is 0.0949 e. The molecule has 3 rings (SSSR count). The lowest BCUT2D eigenvalue weighted by Crippen LogP contribution is -2.41. The van der Waals surface area contributed by atoms with Gasteiger partial charge in [-0.15, -0.1) is 0 Å². The summed E-state index contributed by atoms with van der Waals surface area (Å²) < 4.78 is 2.21. The number of aryl methyl sites for hydroxylation is 1. The molecule has 0 aromatic carbocycles. The Morgan fingerprint density at radius 3 is 2.82 bits per heavy atom. The molecule has 0 bridgehead atoms. The molecule has 1 aromatic heterocycles. The van der Waals surface area contributed by atoms with Crippen molar-refractivity contribution in [1.82, 2.24) is 19.8 Å². The molecule has 1 saturated heterocycles. The highest BCUT2D eigenvalue weighted by Gasteiger charge is 2.32. The van der Waals surface area contributed by atoms with E-state index in [1.165, 1.54) is 37.3 Å². The van der Waals surface area contributed by atoms with Crippen LogP contribution in [0.15, 0.2) is 6.33 Å². The molecule has 4 heteroatoms. The van der Waals surface area contributed by atoms with Crippen molar-refractivity contribution >= 4 is 0 Å². The third-order valence-electron chi connectivity index (χ3n) is 4.32. The lowest BCUT2D eigenvalue weighted by Gasteiger charge is -2.37. The number of nitrogens with one attached hydrogen (secondary N) is 1. The van der Waals surface area contributed by atoms with Crippen LogP contribution in [0.2, 0.25) is 0 Å². The first-order chi connectivity index (χ1) is 8.25. The molecule has 1 fully saturated rings. The number of hydrogen-bond acceptors (Lipinski definition) is 3. The maximum absolute atomic E-state index is 4.53. The van der Waals surface area contributed by atoms with Gasteiger partial charge in [-0.25, -0.2) is 4.98 Å². The molecule has 0 aliphatic carbocycles. The van der Waals surface area contributed by atoms with Gasteiger partial charge in [0.25, 0.3) is 0 Å². The number of aromatic nitrogens is 2. The van der Waals surface area contributed by atoms with Gasteiger partial charge in [0.15, 0.2) is 0 Å². The van der Waals surface area contributed by atoms with E-state index in [4.69, 9.17) is 0 Å². The fraction of sp³-hybridized carbons (Fsp3) is 0.769. The van der Waals surface area contributed by atoms with Crippen LogP contribution in [0.1, 0.15) is 30.3 Å². The number of hydrogen-bond donors (Lipinski definition) is 1.